The van der Waals surface area contributed by atoms with Gasteiger partial charge in [-0.15, -0.1) is 0 Å². The summed E-state index contributed by atoms with van der Waals surface area (Å²) in [6.07, 6.45) is 1.84. The van der Waals surface area contributed by atoms with Crippen molar-refractivity contribution in [2.45, 2.75) is 57.5 Å². The molecule has 26 heavy (non-hydrogen) atoms. The fourth-order valence-electron chi connectivity index (χ4n) is 3.28. The van der Waals surface area contributed by atoms with Crippen LogP contribution in [0, 0.1) is 5.92 Å². The first-order chi connectivity index (χ1) is 12.5. The molecule has 1 aromatic rings. The van der Waals surface area contributed by atoms with Crippen molar-refractivity contribution in [1.29, 1.82) is 0 Å². The summed E-state index contributed by atoms with van der Waals surface area (Å²) >= 11 is 4.55. The average Bonchev–Trinajstić information content (AvgIpc) is 3.05. The lowest BCUT2D eigenvalue weighted by Crippen LogP contribution is -2.50. The maximum Gasteiger partial charge on any atom is 0.240 e. The van der Waals surface area contributed by atoms with E-state index in [-0.39, 0.29) is 17.9 Å². The van der Waals surface area contributed by atoms with Gasteiger partial charge < -0.3 is 20.7 Å². The van der Waals surface area contributed by atoms with Gasteiger partial charge in [0.25, 0.3) is 0 Å². The van der Waals surface area contributed by atoms with E-state index in [0.717, 1.165) is 30.7 Å². The number of nitrogens with one attached hydrogen (secondary N) is 1. The minimum atomic E-state index is -0.479. The normalized spacial score (nSPS) is 22.0. The van der Waals surface area contributed by atoms with Gasteiger partial charge in [-0.25, -0.2) is 0 Å². The second kappa shape index (κ2) is 10.2. The van der Waals surface area contributed by atoms with Gasteiger partial charge >= 0.3 is 0 Å². The Hall–Kier alpha value is -1.24. The second-order valence-electron chi connectivity index (χ2n) is 7.17. The summed E-state index contributed by atoms with van der Waals surface area (Å²) in [4.78, 5) is 15.0. The highest BCUT2D eigenvalue weighted by Gasteiger charge is 2.30. The van der Waals surface area contributed by atoms with E-state index in [2.05, 4.69) is 24.9 Å². The molecule has 6 heteroatoms. The van der Waals surface area contributed by atoms with Crippen LogP contribution in [-0.2, 0) is 11.3 Å². The van der Waals surface area contributed by atoms with Crippen molar-refractivity contribution in [2.24, 2.45) is 11.7 Å². The molecule has 0 aliphatic carbocycles. The van der Waals surface area contributed by atoms with Gasteiger partial charge in [-0.2, -0.15) is 12.6 Å². The van der Waals surface area contributed by atoms with Crippen LogP contribution >= 0.6 is 12.6 Å². The van der Waals surface area contributed by atoms with Gasteiger partial charge in [0.05, 0.1) is 12.6 Å². The smallest absolute Gasteiger partial charge is 0.240 e. The number of thiol groups is 1. The summed E-state index contributed by atoms with van der Waals surface area (Å²) in [6.45, 7) is 8.69. The molecule has 0 radical (unpaired) electrons. The minimum absolute atomic E-state index is 0.00932. The molecule has 0 bridgehead atoms. The van der Waals surface area contributed by atoms with Crippen molar-refractivity contribution in [3.63, 3.8) is 0 Å². The first-order valence-electron chi connectivity index (χ1n) is 9.62. The molecule has 0 saturated carbocycles. The highest BCUT2D eigenvalue weighted by molar-refractivity contribution is 7.81. The highest BCUT2D eigenvalue weighted by Crippen LogP contribution is 2.22. The van der Waals surface area contributed by atoms with Gasteiger partial charge in [-0.1, -0.05) is 38.5 Å². The Morgan fingerprint density at radius 3 is 2.77 bits per heavy atom. The van der Waals surface area contributed by atoms with Crippen LogP contribution in [-0.4, -0.2) is 47.8 Å². The zero-order valence-electron chi connectivity index (χ0n) is 16.1. The Balaban J connectivity index is 2.18. The lowest BCUT2D eigenvalue weighted by atomic mass is 9.98. The number of hydrogen-bond donors (Lipinski definition) is 3. The monoisotopic (exact) mass is 379 g/mol. The number of para-hydroxylation sites is 1. The molecule has 5 nitrogen and oxygen atoms in total. The molecule has 3 N–H and O–H groups in total. The molecule has 1 fully saturated rings. The molecule has 1 aliphatic heterocycles. The highest BCUT2D eigenvalue weighted by atomic mass is 32.1. The molecule has 0 unspecified atom stereocenters. The molecule has 1 aromatic carbocycles. The SMILES string of the molecule is CCOc1ccccc1CN(C[C@H]1C[C@@H](S)CN1)C(=O)[C@@H](N)[C@@H](C)CC. The molecule has 146 valence electrons. The number of nitrogens with zero attached hydrogens (tertiary/aromatic N) is 1. The van der Waals surface area contributed by atoms with Gasteiger partial charge in [-0.05, 0) is 25.3 Å². The number of ether oxygens (including phenoxy) is 1. The Morgan fingerprint density at radius 2 is 2.15 bits per heavy atom. The van der Waals surface area contributed by atoms with Gasteiger partial charge in [0.1, 0.15) is 5.75 Å². The largest absolute Gasteiger partial charge is 0.494 e. The Labute approximate surface area is 163 Å². The van der Waals surface area contributed by atoms with E-state index in [1.807, 2.05) is 43.0 Å². The molecule has 1 amide bonds. The third-order valence-electron chi connectivity index (χ3n) is 5.13. The Kier molecular flexibility index (Phi) is 8.25. The minimum Gasteiger partial charge on any atom is -0.494 e. The van der Waals surface area contributed by atoms with Crippen LogP contribution in [0.4, 0.5) is 0 Å². The van der Waals surface area contributed by atoms with E-state index in [0.29, 0.717) is 24.9 Å². The van der Waals surface area contributed by atoms with Crippen molar-refractivity contribution in [3.05, 3.63) is 29.8 Å². The predicted octanol–water partition coefficient (Wildman–Crippen LogP) is 2.45. The molecule has 0 spiro atoms. The van der Waals surface area contributed by atoms with Crippen molar-refractivity contribution in [2.75, 3.05) is 19.7 Å². The van der Waals surface area contributed by atoms with Crippen molar-refractivity contribution < 1.29 is 9.53 Å². The summed E-state index contributed by atoms with van der Waals surface area (Å²) < 4.78 is 5.74. The van der Waals surface area contributed by atoms with Crippen LogP contribution in [0.5, 0.6) is 5.75 Å². The Morgan fingerprint density at radius 1 is 1.42 bits per heavy atom. The molecule has 2 rings (SSSR count). The van der Waals surface area contributed by atoms with Crippen LogP contribution in [0.3, 0.4) is 0 Å². The molecule has 1 heterocycles. The van der Waals surface area contributed by atoms with E-state index in [1.165, 1.54) is 0 Å². The molecular weight excluding hydrogens is 346 g/mol. The van der Waals surface area contributed by atoms with Crippen molar-refractivity contribution in [1.82, 2.24) is 10.2 Å². The van der Waals surface area contributed by atoms with Gasteiger partial charge in [-0.3, -0.25) is 4.79 Å². The third-order valence-corrected chi connectivity index (χ3v) is 5.52. The van der Waals surface area contributed by atoms with Crippen LogP contribution in [0.25, 0.3) is 0 Å². The van der Waals surface area contributed by atoms with Crippen molar-refractivity contribution in [3.8, 4) is 5.75 Å². The number of carbonyl (C=O) groups is 1. The molecule has 4 atom stereocenters. The molecule has 1 aliphatic rings. The van der Waals surface area contributed by atoms with E-state index >= 15 is 0 Å². The first-order valence-corrected chi connectivity index (χ1v) is 10.1. The lowest BCUT2D eigenvalue weighted by molar-refractivity contribution is -0.134. The summed E-state index contributed by atoms with van der Waals surface area (Å²) in [5, 5.41) is 3.80. The zero-order chi connectivity index (χ0) is 19.1. The maximum atomic E-state index is 13.1. The fraction of sp³-hybridized carbons (Fsp3) is 0.650. The van der Waals surface area contributed by atoms with Crippen molar-refractivity contribution >= 4 is 18.5 Å². The fourth-order valence-corrected chi connectivity index (χ4v) is 3.64. The van der Waals surface area contributed by atoms with Crippen LogP contribution < -0.4 is 15.8 Å². The summed E-state index contributed by atoms with van der Waals surface area (Å²) in [7, 11) is 0. The van der Waals surface area contributed by atoms with E-state index in [4.69, 9.17) is 10.5 Å². The van der Waals surface area contributed by atoms with Gasteiger partial charge in [0.15, 0.2) is 0 Å². The summed E-state index contributed by atoms with van der Waals surface area (Å²) in [6, 6.07) is 7.68. The third kappa shape index (κ3) is 5.63. The maximum absolute atomic E-state index is 13.1. The first kappa shape index (κ1) is 21.1. The second-order valence-corrected chi connectivity index (χ2v) is 7.90. The number of amides is 1. The van der Waals surface area contributed by atoms with E-state index in [1.54, 1.807) is 0 Å². The number of nitrogens with two attached hydrogens (primary N) is 1. The van der Waals surface area contributed by atoms with E-state index in [9.17, 15) is 4.79 Å². The number of hydrogen-bond acceptors (Lipinski definition) is 5. The molecule has 1 saturated heterocycles. The summed E-state index contributed by atoms with van der Waals surface area (Å²) in [5.41, 5.74) is 7.28. The standard InChI is InChI=1S/C20H33N3O2S/c1-4-14(3)19(21)20(24)23(13-16-10-17(26)11-22-16)12-15-8-6-7-9-18(15)25-5-2/h6-9,14,16-17,19,22,26H,4-5,10-13,21H2,1-3H3/t14-,16+,17+,19-/m0/s1. The van der Waals surface area contributed by atoms with E-state index < -0.39 is 6.04 Å². The van der Waals surface area contributed by atoms with Gasteiger partial charge in [0.2, 0.25) is 5.91 Å². The molecular formula is C20H33N3O2S. The van der Waals surface area contributed by atoms with Crippen LogP contribution in [0.2, 0.25) is 0 Å². The number of benzene rings is 1. The van der Waals surface area contributed by atoms with Crippen LogP contribution in [0.1, 0.15) is 39.2 Å². The van der Waals surface area contributed by atoms with Gasteiger partial charge in [0, 0.05) is 36.5 Å². The summed E-state index contributed by atoms with van der Waals surface area (Å²) in [5.74, 6) is 0.993. The number of rotatable bonds is 9. The van der Waals surface area contributed by atoms with Crippen LogP contribution in [0.15, 0.2) is 24.3 Å². The molecule has 0 aromatic heterocycles. The topological polar surface area (TPSA) is 67.6 Å². The number of carbonyl (C=O) groups excluding carboxylic acids is 1. The predicted molar refractivity (Wildman–Crippen MR) is 110 cm³/mol. The quantitative estimate of drug-likeness (QED) is 0.577. The average molecular weight is 380 g/mol. The zero-order valence-corrected chi connectivity index (χ0v) is 17.0. The Bertz CT molecular complexity index is 584. The lowest BCUT2D eigenvalue weighted by Gasteiger charge is -2.31.